The summed E-state index contributed by atoms with van der Waals surface area (Å²) in [7, 11) is 0. The Bertz CT molecular complexity index is 586. The number of carbonyl (C=O) groups is 1. The zero-order chi connectivity index (χ0) is 16.4. The highest BCUT2D eigenvalue weighted by Gasteiger charge is 2.39. The Balaban J connectivity index is 1.59. The number of carbonyl (C=O) groups excluding carboxylic acids is 1. The fourth-order valence-electron chi connectivity index (χ4n) is 4.16. The highest BCUT2D eigenvalue weighted by molar-refractivity contribution is 5.76. The molecule has 0 N–H and O–H groups in total. The molecule has 126 valence electrons. The lowest BCUT2D eigenvalue weighted by atomic mass is 9.72. The summed E-state index contributed by atoms with van der Waals surface area (Å²) >= 11 is 0. The zero-order valence-corrected chi connectivity index (χ0v) is 13.6. The molecule has 0 bridgehead atoms. The summed E-state index contributed by atoms with van der Waals surface area (Å²) in [6.45, 7) is 3.61. The number of nitro groups is 1. The summed E-state index contributed by atoms with van der Waals surface area (Å²) in [5, 5.41) is 10.6. The Morgan fingerprint density at radius 3 is 2.91 bits per heavy atom. The quantitative estimate of drug-likeness (QED) is 0.631. The second-order valence-corrected chi connectivity index (χ2v) is 6.85. The molecule has 0 spiro atoms. The molecule has 1 saturated carbocycles. The van der Waals surface area contributed by atoms with Crippen molar-refractivity contribution in [2.45, 2.75) is 58.0 Å². The first kappa shape index (κ1) is 16.0. The van der Waals surface area contributed by atoms with Gasteiger partial charge < -0.3 is 19.6 Å². The zero-order valence-electron chi connectivity index (χ0n) is 13.6. The molecule has 2 aliphatic rings. The van der Waals surface area contributed by atoms with Gasteiger partial charge in [0, 0.05) is 25.6 Å². The van der Waals surface area contributed by atoms with Crippen LogP contribution in [0.15, 0.2) is 12.5 Å². The molecule has 1 aromatic rings. The summed E-state index contributed by atoms with van der Waals surface area (Å²) < 4.78 is 1.63. The van der Waals surface area contributed by atoms with E-state index in [1.165, 1.54) is 31.8 Å². The maximum Gasteiger partial charge on any atom is 0.381 e. The summed E-state index contributed by atoms with van der Waals surface area (Å²) in [5.41, 5.74) is 0. The fraction of sp³-hybridized carbons (Fsp3) is 0.750. The van der Waals surface area contributed by atoms with Crippen LogP contribution in [0.25, 0.3) is 0 Å². The first-order valence-electron chi connectivity index (χ1n) is 8.52. The molecule has 1 aliphatic carbocycles. The van der Waals surface area contributed by atoms with Crippen molar-refractivity contribution in [1.29, 1.82) is 0 Å². The number of aryl methyl sites for hydroxylation is 1. The molecule has 1 aromatic heterocycles. The molecule has 0 aromatic carbocycles. The van der Waals surface area contributed by atoms with Crippen LogP contribution < -0.4 is 0 Å². The van der Waals surface area contributed by atoms with Gasteiger partial charge in [-0.05, 0) is 41.0 Å². The van der Waals surface area contributed by atoms with E-state index < -0.39 is 4.92 Å². The number of likely N-dealkylation sites (tertiary alicyclic amines) is 1. The Morgan fingerprint density at radius 1 is 1.39 bits per heavy atom. The normalized spacial score (nSPS) is 27.5. The van der Waals surface area contributed by atoms with Crippen molar-refractivity contribution in [3.63, 3.8) is 0 Å². The monoisotopic (exact) mass is 320 g/mol. The minimum Gasteiger partial charge on any atom is -0.358 e. The first-order valence-corrected chi connectivity index (χ1v) is 8.52. The van der Waals surface area contributed by atoms with Crippen molar-refractivity contribution in [1.82, 2.24) is 14.5 Å². The predicted octanol–water partition coefficient (Wildman–Crippen LogP) is 2.61. The van der Waals surface area contributed by atoms with Crippen molar-refractivity contribution < 1.29 is 9.72 Å². The maximum atomic E-state index is 12.6. The van der Waals surface area contributed by atoms with E-state index in [1.54, 1.807) is 4.57 Å². The van der Waals surface area contributed by atoms with Crippen LogP contribution >= 0.6 is 0 Å². The molecule has 2 heterocycles. The van der Waals surface area contributed by atoms with Crippen molar-refractivity contribution in [2.24, 2.45) is 11.8 Å². The Labute approximate surface area is 135 Å². The van der Waals surface area contributed by atoms with E-state index in [-0.39, 0.29) is 11.7 Å². The lowest BCUT2D eigenvalue weighted by Crippen LogP contribution is -2.52. The molecule has 3 atom stereocenters. The van der Waals surface area contributed by atoms with Crippen LogP contribution in [0.4, 0.5) is 5.82 Å². The molecule has 7 nitrogen and oxygen atoms in total. The minimum atomic E-state index is -0.517. The predicted molar refractivity (Wildman–Crippen MR) is 84.7 cm³/mol. The van der Waals surface area contributed by atoms with E-state index in [0.717, 1.165) is 19.4 Å². The van der Waals surface area contributed by atoms with Crippen LogP contribution in [-0.4, -0.2) is 37.9 Å². The second-order valence-electron chi connectivity index (χ2n) is 6.85. The standard InChI is InChI=1S/C16H24N4O3/c1-12-6-9-19(14-5-3-2-4-13(12)14)16(21)7-8-18-10-15(17-11-18)20(22)23/h10-14H,2-9H2,1H3. The van der Waals surface area contributed by atoms with Gasteiger partial charge in [-0.25, -0.2) is 0 Å². The molecule has 2 fully saturated rings. The van der Waals surface area contributed by atoms with Gasteiger partial charge in [-0.2, -0.15) is 0 Å². The van der Waals surface area contributed by atoms with E-state index in [2.05, 4.69) is 16.8 Å². The van der Waals surface area contributed by atoms with Crippen LogP contribution in [0.1, 0.15) is 45.4 Å². The van der Waals surface area contributed by atoms with Crippen LogP contribution in [0.3, 0.4) is 0 Å². The van der Waals surface area contributed by atoms with Crippen molar-refractivity contribution in [3.8, 4) is 0 Å². The summed E-state index contributed by atoms with van der Waals surface area (Å²) in [6, 6.07) is 0.400. The van der Waals surface area contributed by atoms with Gasteiger partial charge in [-0.3, -0.25) is 4.79 Å². The summed E-state index contributed by atoms with van der Waals surface area (Å²) in [6.07, 6.45) is 9.13. The van der Waals surface area contributed by atoms with Gasteiger partial charge in [0.25, 0.3) is 0 Å². The van der Waals surface area contributed by atoms with Gasteiger partial charge >= 0.3 is 5.82 Å². The van der Waals surface area contributed by atoms with Gasteiger partial charge in [0.15, 0.2) is 0 Å². The number of nitrogens with zero attached hydrogens (tertiary/aromatic N) is 4. The number of rotatable bonds is 4. The lowest BCUT2D eigenvalue weighted by Gasteiger charge is -2.47. The SMILES string of the molecule is CC1CCN(C(=O)CCn2cnc([N+](=O)[O-])c2)C2CCCCC12. The molecular weight excluding hydrogens is 296 g/mol. The molecule has 0 radical (unpaired) electrons. The number of hydrogen-bond donors (Lipinski definition) is 0. The average Bonchev–Trinajstić information content (AvgIpc) is 3.02. The average molecular weight is 320 g/mol. The van der Waals surface area contributed by atoms with Crippen LogP contribution in [0.5, 0.6) is 0 Å². The Hall–Kier alpha value is -1.92. The third kappa shape index (κ3) is 3.38. The number of hydrogen-bond acceptors (Lipinski definition) is 4. The highest BCUT2D eigenvalue weighted by Crippen LogP contribution is 2.38. The lowest BCUT2D eigenvalue weighted by molar-refractivity contribution is -0.389. The van der Waals surface area contributed by atoms with Crippen molar-refractivity contribution in [3.05, 3.63) is 22.6 Å². The number of piperidine rings is 1. The number of amides is 1. The van der Waals surface area contributed by atoms with Gasteiger partial charge in [0.1, 0.15) is 6.20 Å². The Kier molecular flexibility index (Phi) is 4.63. The van der Waals surface area contributed by atoms with Gasteiger partial charge in [-0.1, -0.05) is 19.8 Å². The largest absolute Gasteiger partial charge is 0.381 e. The molecule has 3 unspecified atom stereocenters. The minimum absolute atomic E-state index is 0.170. The third-order valence-corrected chi connectivity index (χ3v) is 5.45. The van der Waals surface area contributed by atoms with Gasteiger partial charge in [-0.15, -0.1) is 0 Å². The molecular formula is C16H24N4O3. The second kappa shape index (κ2) is 6.68. The number of aromatic nitrogens is 2. The Morgan fingerprint density at radius 2 is 2.17 bits per heavy atom. The molecule has 1 saturated heterocycles. The molecule has 23 heavy (non-hydrogen) atoms. The summed E-state index contributed by atoms with van der Waals surface area (Å²) in [4.78, 5) is 28.6. The van der Waals surface area contributed by atoms with Crippen LogP contribution in [0.2, 0.25) is 0 Å². The maximum absolute atomic E-state index is 12.6. The molecule has 3 rings (SSSR count). The van der Waals surface area contributed by atoms with Crippen molar-refractivity contribution in [2.75, 3.05) is 6.54 Å². The molecule has 1 amide bonds. The number of fused-ring (bicyclic) bond motifs is 1. The van der Waals surface area contributed by atoms with E-state index in [1.807, 2.05) is 0 Å². The fourth-order valence-corrected chi connectivity index (χ4v) is 4.16. The molecule has 1 aliphatic heterocycles. The van der Waals surface area contributed by atoms with E-state index in [4.69, 9.17) is 0 Å². The van der Waals surface area contributed by atoms with E-state index in [0.29, 0.717) is 30.8 Å². The first-order chi connectivity index (χ1) is 11.1. The van der Waals surface area contributed by atoms with Gasteiger partial charge in [0.2, 0.25) is 12.2 Å². The third-order valence-electron chi connectivity index (χ3n) is 5.45. The summed E-state index contributed by atoms with van der Waals surface area (Å²) in [5.74, 6) is 1.36. The highest BCUT2D eigenvalue weighted by atomic mass is 16.6. The van der Waals surface area contributed by atoms with Crippen LogP contribution in [-0.2, 0) is 11.3 Å². The van der Waals surface area contributed by atoms with Gasteiger partial charge in [0.05, 0.1) is 0 Å². The topological polar surface area (TPSA) is 81.3 Å². The molecule has 7 heteroatoms. The van der Waals surface area contributed by atoms with Crippen molar-refractivity contribution >= 4 is 11.7 Å². The number of imidazole rings is 1. The van der Waals surface area contributed by atoms with E-state index >= 15 is 0 Å². The smallest absolute Gasteiger partial charge is 0.358 e. The van der Waals surface area contributed by atoms with E-state index in [9.17, 15) is 14.9 Å². The van der Waals surface area contributed by atoms with Crippen LogP contribution in [0, 0.1) is 22.0 Å².